The number of nitrogens with one attached hydrogen (secondary N) is 1. The third kappa shape index (κ3) is 4.36. The predicted molar refractivity (Wildman–Crippen MR) is 116 cm³/mol. The average molecular weight is 445 g/mol. The fourth-order valence-corrected chi connectivity index (χ4v) is 3.76. The van der Waals surface area contributed by atoms with Crippen molar-refractivity contribution in [1.29, 1.82) is 0 Å². The Balaban J connectivity index is 1.22. The van der Waals surface area contributed by atoms with Gasteiger partial charge in [0.15, 0.2) is 18.1 Å². The highest BCUT2D eigenvalue weighted by molar-refractivity contribution is 5.97. The lowest BCUT2D eigenvalue weighted by molar-refractivity contribution is -0.119. The van der Waals surface area contributed by atoms with Gasteiger partial charge in [-0.1, -0.05) is 30.3 Å². The smallest absolute Gasteiger partial charge is 0.339 e. The van der Waals surface area contributed by atoms with E-state index in [2.05, 4.69) is 5.32 Å². The molecule has 166 valence electrons. The lowest BCUT2D eigenvalue weighted by atomic mass is 9.93. The Labute approximate surface area is 189 Å². The monoisotopic (exact) mass is 445 g/mol. The van der Waals surface area contributed by atoms with E-state index in [4.69, 9.17) is 18.9 Å². The molecule has 0 bridgehead atoms. The molecule has 0 saturated heterocycles. The molecule has 2 aliphatic rings. The van der Waals surface area contributed by atoms with E-state index in [1.807, 2.05) is 30.3 Å². The number of esters is 2. The molecule has 0 aliphatic carbocycles. The van der Waals surface area contributed by atoms with Gasteiger partial charge in [-0.3, -0.25) is 4.79 Å². The van der Waals surface area contributed by atoms with E-state index in [9.17, 15) is 14.4 Å². The summed E-state index contributed by atoms with van der Waals surface area (Å²) in [7, 11) is 0. The molecular weight excluding hydrogens is 426 g/mol. The number of rotatable bonds is 5. The molecule has 0 radical (unpaired) electrons. The Kier molecular flexibility index (Phi) is 5.40. The lowest BCUT2D eigenvalue weighted by Gasteiger charge is -2.25. The van der Waals surface area contributed by atoms with Gasteiger partial charge in [0.25, 0.3) is 5.91 Å². The minimum absolute atomic E-state index is 0.134. The van der Waals surface area contributed by atoms with Crippen LogP contribution in [0.1, 0.15) is 37.9 Å². The van der Waals surface area contributed by atoms with Crippen LogP contribution in [0.3, 0.4) is 0 Å². The quantitative estimate of drug-likeness (QED) is 0.598. The minimum atomic E-state index is -0.658. The molecule has 1 amide bonds. The maximum atomic E-state index is 12.5. The van der Waals surface area contributed by atoms with Gasteiger partial charge in [0.2, 0.25) is 6.79 Å². The van der Waals surface area contributed by atoms with Crippen molar-refractivity contribution in [2.75, 3.05) is 18.7 Å². The SMILES string of the molecule is O=C(COC(=O)c1ccc2c(c1)CC(c1ccccc1)OC2=O)Nc1ccc2c(c1)OCO2. The van der Waals surface area contributed by atoms with Crippen LogP contribution in [0.4, 0.5) is 5.69 Å². The molecule has 3 aromatic carbocycles. The van der Waals surface area contributed by atoms with Gasteiger partial charge < -0.3 is 24.3 Å². The number of cyclic esters (lactones) is 1. The lowest BCUT2D eigenvalue weighted by Crippen LogP contribution is -2.23. The maximum Gasteiger partial charge on any atom is 0.339 e. The molecule has 2 heterocycles. The molecule has 2 aliphatic heterocycles. The first-order valence-corrected chi connectivity index (χ1v) is 10.3. The van der Waals surface area contributed by atoms with E-state index in [0.717, 1.165) is 5.56 Å². The summed E-state index contributed by atoms with van der Waals surface area (Å²) in [6.07, 6.45) is 0.0153. The summed E-state index contributed by atoms with van der Waals surface area (Å²) in [4.78, 5) is 37.1. The van der Waals surface area contributed by atoms with E-state index in [1.165, 1.54) is 6.07 Å². The van der Waals surface area contributed by atoms with Gasteiger partial charge >= 0.3 is 11.9 Å². The molecule has 0 aromatic heterocycles. The third-order valence-corrected chi connectivity index (χ3v) is 5.38. The Morgan fingerprint density at radius 3 is 2.64 bits per heavy atom. The second-order valence-corrected chi connectivity index (χ2v) is 7.57. The molecule has 0 spiro atoms. The number of anilines is 1. The van der Waals surface area contributed by atoms with Gasteiger partial charge in [-0.2, -0.15) is 0 Å². The van der Waals surface area contributed by atoms with Crippen molar-refractivity contribution in [2.24, 2.45) is 0 Å². The van der Waals surface area contributed by atoms with Crippen molar-refractivity contribution >= 4 is 23.5 Å². The first kappa shape index (κ1) is 20.6. The first-order valence-electron chi connectivity index (χ1n) is 10.3. The highest BCUT2D eigenvalue weighted by Crippen LogP contribution is 2.34. The first-order chi connectivity index (χ1) is 16.1. The summed E-state index contributed by atoms with van der Waals surface area (Å²) < 4.78 is 21.2. The summed E-state index contributed by atoms with van der Waals surface area (Å²) >= 11 is 0. The van der Waals surface area contributed by atoms with Crippen LogP contribution in [-0.4, -0.2) is 31.2 Å². The topological polar surface area (TPSA) is 100 Å². The highest BCUT2D eigenvalue weighted by atomic mass is 16.7. The predicted octanol–water partition coefficient (Wildman–Crippen LogP) is 3.67. The van der Waals surface area contributed by atoms with Crippen LogP contribution in [0.5, 0.6) is 11.5 Å². The van der Waals surface area contributed by atoms with E-state index < -0.39 is 30.6 Å². The molecule has 8 heteroatoms. The van der Waals surface area contributed by atoms with Crippen molar-refractivity contribution in [2.45, 2.75) is 12.5 Å². The molecule has 1 N–H and O–H groups in total. The van der Waals surface area contributed by atoms with Crippen molar-refractivity contribution in [1.82, 2.24) is 0 Å². The van der Waals surface area contributed by atoms with E-state index in [1.54, 1.807) is 30.3 Å². The van der Waals surface area contributed by atoms with Gasteiger partial charge in [-0.25, -0.2) is 9.59 Å². The number of hydrogen-bond acceptors (Lipinski definition) is 7. The average Bonchev–Trinajstić information content (AvgIpc) is 3.30. The van der Waals surface area contributed by atoms with Gasteiger partial charge in [0, 0.05) is 18.2 Å². The molecule has 1 atom stereocenters. The van der Waals surface area contributed by atoms with Crippen LogP contribution in [0, 0.1) is 0 Å². The van der Waals surface area contributed by atoms with Crippen LogP contribution < -0.4 is 14.8 Å². The van der Waals surface area contributed by atoms with Crippen LogP contribution in [0.15, 0.2) is 66.7 Å². The zero-order valence-corrected chi connectivity index (χ0v) is 17.4. The largest absolute Gasteiger partial charge is 0.454 e. The fraction of sp³-hybridized carbons (Fsp3) is 0.160. The number of hydrogen-bond donors (Lipinski definition) is 1. The Bertz CT molecular complexity index is 1240. The second kappa shape index (κ2) is 8.66. The molecule has 0 saturated carbocycles. The zero-order valence-electron chi connectivity index (χ0n) is 17.4. The normalized spacial score (nSPS) is 15.9. The zero-order chi connectivity index (χ0) is 22.8. The summed E-state index contributed by atoms with van der Waals surface area (Å²) in [6.45, 7) is -0.325. The van der Waals surface area contributed by atoms with Crippen molar-refractivity contribution in [3.05, 3.63) is 89.0 Å². The summed E-state index contributed by atoms with van der Waals surface area (Å²) in [5.41, 5.74) is 2.74. The van der Waals surface area contributed by atoms with Crippen LogP contribution in [-0.2, 0) is 20.7 Å². The van der Waals surface area contributed by atoms with E-state index in [0.29, 0.717) is 34.7 Å². The Hall–Kier alpha value is -4.33. The van der Waals surface area contributed by atoms with E-state index in [-0.39, 0.29) is 12.4 Å². The number of benzene rings is 3. The van der Waals surface area contributed by atoms with Crippen molar-refractivity contribution < 1.29 is 33.3 Å². The molecular formula is C25H19NO7. The van der Waals surface area contributed by atoms with Gasteiger partial charge in [0.05, 0.1) is 11.1 Å². The molecule has 33 heavy (non-hydrogen) atoms. The fourth-order valence-electron chi connectivity index (χ4n) is 3.76. The van der Waals surface area contributed by atoms with Crippen molar-refractivity contribution in [3.63, 3.8) is 0 Å². The van der Waals surface area contributed by atoms with Crippen LogP contribution in [0.25, 0.3) is 0 Å². The summed E-state index contributed by atoms with van der Waals surface area (Å²) in [5, 5.41) is 2.65. The molecule has 1 unspecified atom stereocenters. The molecule has 0 fully saturated rings. The number of amides is 1. The van der Waals surface area contributed by atoms with Gasteiger partial charge in [-0.05, 0) is 41.5 Å². The molecule has 3 aromatic rings. The minimum Gasteiger partial charge on any atom is -0.454 e. The number of fused-ring (bicyclic) bond motifs is 2. The number of carbonyl (C=O) groups is 3. The van der Waals surface area contributed by atoms with Gasteiger partial charge in [-0.15, -0.1) is 0 Å². The molecule has 8 nitrogen and oxygen atoms in total. The second-order valence-electron chi connectivity index (χ2n) is 7.57. The number of ether oxygens (including phenoxy) is 4. The summed E-state index contributed by atoms with van der Waals surface area (Å²) in [6, 6.07) is 19.0. The van der Waals surface area contributed by atoms with Gasteiger partial charge in [0.1, 0.15) is 6.10 Å². The molecule has 5 rings (SSSR count). The summed E-state index contributed by atoms with van der Waals surface area (Å²) in [5.74, 6) is -0.453. The van der Waals surface area contributed by atoms with Crippen LogP contribution in [0.2, 0.25) is 0 Å². The Morgan fingerprint density at radius 2 is 1.79 bits per heavy atom. The van der Waals surface area contributed by atoms with E-state index >= 15 is 0 Å². The third-order valence-electron chi connectivity index (χ3n) is 5.38. The van der Waals surface area contributed by atoms with Crippen molar-refractivity contribution in [3.8, 4) is 11.5 Å². The standard InChI is InChI=1S/C25H19NO7/c27-23(26-18-7-9-20-22(12-18)32-14-31-20)13-30-24(28)16-6-8-19-17(10-16)11-21(33-25(19)29)15-4-2-1-3-5-15/h1-10,12,21H,11,13-14H2,(H,26,27). The van der Waals surface area contributed by atoms with Crippen LogP contribution >= 0.6 is 0 Å². The Morgan fingerprint density at radius 1 is 0.970 bits per heavy atom. The highest BCUT2D eigenvalue weighted by Gasteiger charge is 2.28. The maximum absolute atomic E-state index is 12.5. The number of carbonyl (C=O) groups excluding carboxylic acids is 3.